The van der Waals surface area contributed by atoms with Crippen molar-refractivity contribution in [1.82, 2.24) is 15.6 Å². The molecule has 1 aliphatic heterocycles. The number of nitrogens with two attached hydrogens (primary N) is 1. The molecule has 2 heterocycles. The number of methoxy groups -OCH3 is 1. The van der Waals surface area contributed by atoms with Crippen molar-refractivity contribution >= 4 is 23.5 Å². The Morgan fingerprint density at radius 2 is 1.68 bits per heavy atom. The molecule has 0 radical (unpaired) electrons. The van der Waals surface area contributed by atoms with Gasteiger partial charge < -0.3 is 26.2 Å². The number of anilines is 1. The largest absolute Gasteiger partial charge is 0.504 e. The number of aromatic hydroxyl groups is 1. The summed E-state index contributed by atoms with van der Waals surface area (Å²) in [6.45, 7) is 2.16. The van der Waals surface area contributed by atoms with Crippen molar-refractivity contribution in [2.75, 3.05) is 33.0 Å². The van der Waals surface area contributed by atoms with Gasteiger partial charge in [0.05, 0.1) is 13.5 Å². The molecule has 1 fully saturated rings. The second kappa shape index (κ2) is 20.9. The van der Waals surface area contributed by atoms with Gasteiger partial charge in [0.15, 0.2) is 17.3 Å². The first-order valence-electron chi connectivity index (χ1n) is 20.8. The lowest BCUT2D eigenvalue weighted by molar-refractivity contribution is -0.124. The number of Topliss-reactive ketones (excluding diaryl/α,β-unsaturated/α-hetero) is 1. The highest BCUT2D eigenvalue weighted by molar-refractivity contribution is 6.06. The van der Waals surface area contributed by atoms with Crippen molar-refractivity contribution in [3.8, 4) is 11.5 Å². The molecule has 0 unspecified atom stereocenters. The maximum absolute atomic E-state index is 13.0. The number of nitrogens with zero attached hydrogens (tertiary/aromatic N) is 1. The summed E-state index contributed by atoms with van der Waals surface area (Å²) in [4.78, 5) is 30.3. The smallest absolute Gasteiger partial charge is 0.163 e. The summed E-state index contributed by atoms with van der Waals surface area (Å²) in [5, 5.41) is 17.8. The van der Waals surface area contributed by atoms with Crippen molar-refractivity contribution in [3.05, 3.63) is 136 Å². The highest BCUT2D eigenvalue weighted by atomic mass is 16.5. The van der Waals surface area contributed by atoms with Crippen LogP contribution in [0.25, 0.3) is 6.08 Å². The Kier molecular flexibility index (Phi) is 15.3. The van der Waals surface area contributed by atoms with Crippen LogP contribution >= 0.6 is 0 Å². The van der Waals surface area contributed by atoms with E-state index < -0.39 is 0 Å². The van der Waals surface area contributed by atoms with Crippen LogP contribution in [0.3, 0.4) is 0 Å². The number of aromatic nitrogens is 1. The number of allylic oxidation sites excluding steroid dienone is 1. The van der Waals surface area contributed by atoms with Gasteiger partial charge in [-0.2, -0.15) is 0 Å². The van der Waals surface area contributed by atoms with Crippen molar-refractivity contribution in [3.63, 3.8) is 0 Å². The summed E-state index contributed by atoms with van der Waals surface area (Å²) in [5.74, 6) is 2.47. The first-order valence-corrected chi connectivity index (χ1v) is 20.8. The monoisotopic (exact) mass is 768 g/mol. The molecule has 2 aliphatic rings. The number of phenolic OH excluding ortho intramolecular Hbond substituents is 1. The van der Waals surface area contributed by atoms with E-state index in [-0.39, 0.29) is 23.7 Å². The SMILES string of the molecule is CN[C@H]1C=C[C@H]2CNCC[C@H]2[C@H]1CCCCCC(=O)CC(=O)C=Cc1cc(OC)c(O)cc1Cc1cnc(N)cc1CCc1cccc(CCc2ccccc2)c1. The van der Waals surface area contributed by atoms with Crippen LogP contribution in [0.5, 0.6) is 11.5 Å². The number of rotatable bonds is 20. The van der Waals surface area contributed by atoms with E-state index in [1.165, 1.54) is 36.3 Å². The van der Waals surface area contributed by atoms with Crippen LogP contribution in [0.2, 0.25) is 0 Å². The number of nitrogen functional groups attached to an aromatic ring is 1. The van der Waals surface area contributed by atoms with E-state index in [0.717, 1.165) is 86.7 Å². The lowest BCUT2D eigenvalue weighted by Crippen LogP contribution is -2.47. The number of ketones is 2. The van der Waals surface area contributed by atoms with E-state index >= 15 is 0 Å². The first kappa shape index (κ1) is 41.6. The first-order chi connectivity index (χ1) is 27.8. The molecule has 6 rings (SSSR count). The fraction of sp³-hybridized carbons (Fsp3) is 0.408. The Labute approximate surface area is 339 Å². The zero-order chi connectivity index (χ0) is 40.0. The van der Waals surface area contributed by atoms with Crippen molar-refractivity contribution in [1.29, 1.82) is 0 Å². The zero-order valence-corrected chi connectivity index (χ0v) is 33.7. The summed E-state index contributed by atoms with van der Waals surface area (Å²) in [7, 11) is 3.55. The molecule has 57 heavy (non-hydrogen) atoms. The van der Waals surface area contributed by atoms with Crippen LogP contribution < -0.4 is 21.1 Å². The summed E-state index contributed by atoms with van der Waals surface area (Å²) >= 11 is 0. The fourth-order valence-electron chi connectivity index (χ4n) is 8.82. The van der Waals surface area contributed by atoms with Crippen LogP contribution in [0.1, 0.15) is 83.9 Å². The van der Waals surface area contributed by atoms with Gasteiger partial charge in [0.1, 0.15) is 11.6 Å². The quantitative estimate of drug-likeness (QED) is 0.0308. The Morgan fingerprint density at radius 3 is 2.47 bits per heavy atom. The minimum Gasteiger partial charge on any atom is -0.504 e. The number of benzene rings is 3. The van der Waals surface area contributed by atoms with Crippen molar-refractivity contribution in [2.24, 2.45) is 17.8 Å². The molecule has 1 aliphatic carbocycles. The molecular formula is C49H60N4O4. The predicted molar refractivity (Wildman–Crippen MR) is 231 cm³/mol. The number of piperidine rings is 1. The number of fused-ring (bicyclic) bond motifs is 1. The molecule has 0 bridgehead atoms. The fourth-order valence-corrected chi connectivity index (χ4v) is 8.82. The lowest BCUT2D eigenvalue weighted by Gasteiger charge is -2.42. The number of aryl methyl sites for hydroxylation is 4. The molecule has 8 heteroatoms. The van der Waals surface area contributed by atoms with Gasteiger partial charge >= 0.3 is 0 Å². The molecule has 0 spiro atoms. The second-order valence-corrected chi connectivity index (χ2v) is 15.9. The van der Waals surface area contributed by atoms with E-state index in [1.54, 1.807) is 24.4 Å². The molecule has 4 atom stereocenters. The molecule has 1 saturated heterocycles. The van der Waals surface area contributed by atoms with Crippen molar-refractivity contribution < 1.29 is 19.4 Å². The van der Waals surface area contributed by atoms with Gasteiger partial charge in [-0.3, -0.25) is 9.59 Å². The Hall–Kier alpha value is -5.05. The predicted octanol–water partition coefficient (Wildman–Crippen LogP) is 8.03. The average molecular weight is 769 g/mol. The highest BCUT2D eigenvalue weighted by Gasteiger charge is 2.36. The number of hydrogen-bond acceptors (Lipinski definition) is 8. The molecule has 1 aromatic heterocycles. The van der Waals surface area contributed by atoms with E-state index in [1.807, 2.05) is 12.1 Å². The van der Waals surface area contributed by atoms with E-state index in [9.17, 15) is 14.7 Å². The topological polar surface area (TPSA) is 127 Å². The van der Waals surface area contributed by atoms with Crippen LogP contribution in [0.4, 0.5) is 5.82 Å². The molecule has 0 amide bonds. The van der Waals surface area contributed by atoms with Crippen LogP contribution in [0.15, 0.2) is 97.2 Å². The average Bonchev–Trinajstić information content (AvgIpc) is 3.23. The van der Waals surface area contributed by atoms with Gasteiger partial charge in [-0.25, -0.2) is 4.98 Å². The maximum atomic E-state index is 13.0. The number of nitrogens with one attached hydrogen (secondary N) is 2. The normalized spacial score (nSPS) is 19.1. The number of likely N-dealkylation sites (N-methyl/N-ethyl adjacent to an activating group) is 1. The molecule has 8 nitrogen and oxygen atoms in total. The van der Waals surface area contributed by atoms with Gasteiger partial charge in [-0.05, 0) is 146 Å². The molecule has 300 valence electrons. The molecule has 3 aromatic carbocycles. The summed E-state index contributed by atoms with van der Waals surface area (Å²) < 4.78 is 5.42. The third-order valence-corrected chi connectivity index (χ3v) is 12.0. The van der Waals surface area contributed by atoms with Gasteiger partial charge in [-0.1, -0.05) is 85.7 Å². The number of pyridine rings is 1. The number of hydrogen-bond donors (Lipinski definition) is 4. The molecular weight excluding hydrogens is 709 g/mol. The minimum atomic E-state index is -0.235. The Bertz CT molecular complexity index is 2010. The minimum absolute atomic E-state index is 0.0143. The summed E-state index contributed by atoms with van der Waals surface area (Å²) in [6, 6.07) is 25.1. The van der Waals surface area contributed by atoms with Crippen LogP contribution in [0, 0.1) is 17.8 Å². The number of unbranched alkanes of at least 4 members (excludes halogenated alkanes) is 2. The van der Waals surface area contributed by atoms with Crippen LogP contribution in [-0.4, -0.2) is 54.9 Å². The molecule has 4 aromatic rings. The number of phenols is 1. The summed E-state index contributed by atoms with van der Waals surface area (Å²) in [5.41, 5.74) is 13.7. The van der Waals surface area contributed by atoms with E-state index in [2.05, 4.69) is 83.3 Å². The van der Waals surface area contributed by atoms with Crippen molar-refractivity contribution in [2.45, 2.75) is 83.1 Å². The number of ether oxygens (including phenoxy) is 1. The lowest BCUT2D eigenvalue weighted by atomic mass is 9.68. The Morgan fingerprint density at radius 1 is 0.912 bits per heavy atom. The van der Waals surface area contributed by atoms with E-state index in [0.29, 0.717) is 48.2 Å². The second-order valence-electron chi connectivity index (χ2n) is 15.9. The van der Waals surface area contributed by atoms with Gasteiger partial charge in [0.25, 0.3) is 0 Å². The van der Waals surface area contributed by atoms with Crippen LogP contribution in [-0.2, 0) is 41.7 Å². The summed E-state index contributed by atoms with van der Waals surface area (Å²) in [6.07, 6.45) is 19.3. The zero-order valence-electron chi connectivity index (χ0n) is 33.7. The third kappa shape index (κ3) is 12.0. The van der Waals surface area contributed by atoms with Gasteiger partial charge in [0.2, 0.25) is 0 Å². The third-order valence-electron chi connectivity index (χ3n) is 12.0. The number of carbonyl (C=O) groups excluding carboxylic acids is 2. The number of carbonyl (C=O) groups is 2. The van der Waals surface area contributed by atoms with Gasteiger partial charge in [-0.15, -0.1) is 0 Å². The van der Waals surface area contributed by atoms with Gasteiger partial charge in [0, 0.05) is 25.2 Å². The van der Waals surface area contributed by atoms with E-state index in [4.69, 9.17) is 10.5 Å². The maximum Gasteiger partial charge on any atom is 0.163 e. The molecule has 0 saturated carbocycles. The molecule has 5 N–H and O–H groups in total. The Balaban J connectivity index is 1.03. The highest BCUT2D eigenvalue weighted by Crippen LogP contribution is 2.38. The standard InChI is InChI=1S/C49H60N4O4/c1-51-46-23-21-39-32-52-25-24-44(39)45(46)15-8-4-7-14-42(54)31-43(55)22-20-37-29-48(57-2)47(56)28-40(37)27-41-33-53-49(50)30-38(41)19-18-36-13-9-12-35(26-36)17-16-34-10-5-3-6-11-34/h3,5-6,9-13,20-23,26,28-30,33,39,44-46,51-52,56H,4,7-8,14-19,24-25,27,31-32H2,1-2H3,(H2,50,53)/t39-,44+,45+,46-/m0/s1.